The molecule has 0 aromatic carbocycles. The summed E-state index contributed by atoms with van der Waals surface area (Å²) in [6.07, 6.45) is 4.08. The van der Waals surface area contributed by atoms with Gasteiger partial charge in [0.05, 0.1) is 12.9 Å². The number of rotatable bonds is 7. The summed E-state index contributed by atoms with van der Waals surface area (Å²) in [5, 5.41) is 3.17. The Balaban J connectivity index is 1.99. The van der Waals surface area contributed by atoms with Gasteiger partial charge in [-0.25, -0.2) is 4.98 Å². The van der Waals surface area contributed by atoms with E-state index in [1.165, 1.54) is 12.8 Å². The minimum absolute atomic E-state index is 0.557. The van der Waals surface area contributed by atoms with Crippen molar-refractivity contribution in [2.45, 2.75) is 25.8 Å². The molecule has 2 aromatic heterocycles. The second-order valence-corrected chi connectivity index (χ2v) is 4.92. The molecule has 0 saturated heterocycles. The number of nitrogens with one attached hydrogen (secondary N) is 2. The van der Waals surface area contributed by atoms with Crippen LogP contribution in [0.4, 0.5) is 11.8 Å². The highest BCUT2D eigenvalue weighted by atomic mass is 16.5. The van der Waals surface area contributed by atoms with Gasteiger partial charge in [0.15, 0.2) is 11.5 Å². The minimum atomic E-state index is 0.557. The van der Waals surface area contributed by atoms with Gasteiger partial charge in [0.1, 0.15) is 5.52 Å². The Morgan fingerprint density at radius 1 is 1.45 bits per heavy atom. The lowest BCUT2D eigenvalue weighted by atomic mass is 10.4. The van der Waals surface area contributed by atoms with Gasteiger partial charge in [-0.1, -0.05) is 0 Å². The molecule has 1 aliphatic rings. The Kier molecular flexibility index (Phi) is 3.68. The summed E-state index contributed by atoms with van der Waals surface area (Å²) >= 11 is 0. The number of H-pyrrole nitrogens is 1. The van der Waals surface area contributed by atoms with Crippen LogP contribution in [0.3, 0.4) is 0 Å². The summed E-state index contributed by atoms with van der Waals surface area (Å²) in [5.41, 5.74) is 1.60. The van der Waals surface area contributed by atoms with Crippen LogP contribution >= 0.6 is 0 Å². The third-order valence-corrected chi connectivity index (χ3v) is 3.40. The molecule has 0 bridgehead atoms. The lowest BCUT2D eigenvalue weighted by Crippen LogP contribution is -2.30. The third kappa shape index (κ3) is 2.53. The Hall–Kier alpha value is -1.89. The Morgan fingerprint density at radius 2 is 2.30 bits per heavy atom. The SMILES string of the molecule is CCNc1nc(N(CCOC)C2CC2)c2[nH]cnc2n1. The summed E-state index contributed by atoms with van der Waals surface area (Å²) in [6.45, 7) is 4.34. The first-order chi connectivity index (χ1) is 9.83. The highest BCUT2D eigenvalue weighted by Gasteiger charge is 2.31. The van der Waals surface area contributed by atoms with Crippen molar-refractivity contribution < 1.29 is 4.74 Å². The number of hydrogen-bond acceptors (Lipinski definition) is 6. The first-order valence-corrected chi connectivity index (χ1v) is 7.04. The van der Waals surface area contributed by atoms with Crippen LogP contribution in [0.2, 0.25) is 0 Å². The van der Waals surface area contributed by atoms with E-state index >= 15 is 0 Å². The van der Waals surface area contributed by atoms with Crippen molar-refractivity contribution in [3.8, 4) is 0 Å². The van der Waals surface area contributed by atoms with Crippen molar-refractivity contribution in [1.29, 1.82) is 0 Å². The molecule has 7 nitrogen and oxygen atoms in total. The van der Waals surface area contributed by atoms with Gasteiger partial charge in [0.25, 0.3) is 0 Å². The molecular weight excluding hydrogens is 256 g/mol. The number of imidazole rings is 1. The molecule has 1 saturated carbocycles. The van der Waals surface area contributed by atoms with E-state index < -0.39 is 0 Å². The van der Waals surface area contributed by atoms with E-state index in [0.29, 0.717) is 24.2 Å². The maximum absolute atomic E-state index is 5.22. The largest absolute Gasteiger partial charge is 0.383 e. The molecule has 0 atom stereocenters. The predicted octanol–water partition coefficient (Wildman–Crippen LogP) is 1.40. The zero-order valence-corrected chi connectivity index (χ0v) is 11.9. The van der Waals surface area contributed by atoms with Crippen LogP contribution in [0.1, 0.15) is 19.8 Å². The fourth-order valence-electron chi connectivity index (χ4n) is 2.30. The van der Waals surface area contributed by atoms with Crippen molar-refractivity contribution in [2.24, 2.45) is 0 Å². The maximum atomic E-state index is 5.22. The van der Waals surface area contributed by atoms with Crippen molar-refractivity contribution in [2.75, 3.05) is 37.0 Å². The smallest absolute Gasteiger partial charge is 0.226 e. The molecule has 0 aliphatic heterocycles. The molecule has 3 rings (SSSR count). The molecule has 0 amide bonds. The summed E-state index contributed by atoms with van der Waals surface area (Å²) in [6, 6.07) is 0.557. The summed E-state index contributed by atoms with van der Waals surface area (Å²) in [5.74, 6) is 1.55. The fourth-order valence-corrected chi connectivity index (χ4v) is 2.30. The van der Waals surface area contributed by atoms with Crippen molar-refractivity contribution in [3.63, 3.8) is 0 Å². The average Bonchev–Trinajstić information content (AvgIpc) is 3.17. The maximum Gasteiger partial charge on any atom is 0.226 e. The summed E-state index contributed by atoms with van der Waals surface area (Å²) in [7, 11) is 1.72. The lowest BCUT2D eigenvalue weighted by Gasteiger charge is -2.23. The van der Waals surface area contributed by atoms with Crippen LogP contribution in [-0.4, -0.2) is 52.8 Å². The molecular formula is C13H20N6O. The van der Waals surface area contributed by atoms with Crippen LogP contribution in [0, 0.1) is 0 Å². The zero-order chi connectivity index (χ0) is 13.9. The van der Waals surface area contributed by atoms with E-state index in [1.54, 1.807) is 13.4 Å². The van der Waals surface area contributed by atoms with Crippen LogP contribution in [0.15, 0.2) is 6.33 Å². The van der Waals surface area contributed by atoms with Gasteiger partial charge < -0.3 is 19.9 Å². The molecule has 2 N–H and O–H groups in total. The van der Waals surface area contributed by atoms with Gasteiger partial charge >= 0.3 is 0 Å². The molecule has 108 valence electrons. The van der Waals surface area contributed by atoms with Crippen LogP contribution in [-0.2, 0) is 4.74 Å². The van der Waals surface area contributed by atoms with Gasteiger partial charge in [0.2, 0.25) is 5.95 Å². The zero-order valence-electron chi connectivity index (χ0n) is 11.9. The van der Waals surface area contributed by atoms with E-state index in [9.17, 15) is 0 Å². The average molecular weight is 276 g/mol. The van der Waals surface area contributed by atoms with Crippen molar-refractivity contribution >= 4 is 22.9 Å². The monoisotopic (exact) mass is 276 g/mol. The third-order valence-electron chi connectivity index (χ3n) is 3.40. The number of nitrogens with zero attached hydrogens (tertiary/aromatic N) is 4. The topological polar surface area (TPSA) is 79.0 Å². The molecule has 0 unspecified atom stereocenters. The first-order valence-electron chi connectivity index (χ1n) is 7.04. The molecule has 2 aromatic rings. The highest BCUT2D eigenvalue weighted by molar-refractivity contribution is 5.84. The Bertz CT molecular complexity index is 579. The first kappa shape index (κ1) is 13.1. The van der Waals surface area contributed by atoms with Gasteiger partial charge in [0, 0.05) is 26.2 Å². The summed E-state index contributed by atoms with van der Waals surface area (Å²) in [4.78, 5) is 18.8. The molecule has 1 fully saturated rings. The number of hydrogen-bond donors (Lipinski definition) is 2. The molecule has 20 heavy (non-hydrogen) atoms. The molecule has 2 heterocycles. The second kappa shape index (κ2) is 5.62. The Labute approximate surface area is 117 Å². The number of aromatic amines is 1. The number of ether oxygens (including phenoxy) is 1. The number of aromatic nitrogens is 4. The molecule has 0 spiro atoms. The normalized spacial score (nSPS) is 14.7. The van der Waals surface area contributed by atoms with Gasteiger partial charge in [-0.15, -0.1) is 0 Å². The van der Waals surface area contributed by atoms with Crippen LogP contribution in [0.25, 0.3) is 11.2 Å². The number of anilines is 2. The number of fused-ring (bicyclic) bond motifs is 1. The molecule has 0 radical (unpaired) electrons. The minimum Gasteiger partial charge on any atom is -0.383 e. The van der Waals surface area contributed by atoms with E-state index in [0.717, 1.165) is 24.4 Å². The van der Waals surface area contributed by atoms with Gasteiger partial charge in [-0.05, 0) is 19.8 Å². The summed E-state index contributed by atoms with van der Waals surface area (Å²) < 4.78 is 5.22. The van der Waals surface area contributed by atoms with Gasteiger partial charge in [-0.3, -0.25) is 0 Å². The quantitative estimate of drug-likeness (QED) is 0.796. The van der Waals surface area contributed by atoms with E-state index in [4.69, 9.17) is 4.74 Å². The Morgan fingerprint density at radius 3 is 3.00 bits per heavy atom. The van der Waals surface area contributed by atoms with E-state index in [-0.39, 0.29) is 0 Å². The van der Waals surface area contributed by atoms with Gasteiger partial charge in [-0.2, -0.15) is 9.97 Å². The standard InChI is InChI=1S/C13H20N6O/c1-3-14-13-17-11-10(15-8-16-11)12(18-13)19(6-7-20-2)9-4-5-9/h8-9H,3-7H2,1-2H3,(H2,14,15,16,17,18). The van der Waals surface area contributed by atoms with Crippen LogP contribution < -0.4 is 10.2 Å². The second-order valence-electron chi connectivity index (χ2n) is 4.92. The van der Waals surface area contributed by atoms with E-state index in [2.05, 4.69) is 30.2 Å². The number of methoxy groups -OCH3 is 1. The van der Waals surface area contributed by atoms with Crippen molar-refractivity contribution in [3.05, 3.63) is 6.33 Å². The predicted molar refractivity (Wildman–Crippen MR) is 78.1 cm³/mol. The van der Waals surface area contributed by atoms with Crippen molar-refractivity contribution in [1.82, 2.24) is 19.9 Å². The molecule has 7 heteroatoms. The fraction of sp³-hybridized carbons (Fsp3) is 0.615. The van der Waals surface area contributed by atoms with Crippen LogP contribution in [0.5, 0.6) is 0 Å². The lowest BCUT2D eigenvalue weighted by molar-refractivity contribution is 0.205. The van der Waals surface area contributed by atoms with E-state index in [1.807, 2.05) is 6.92 Å². The highest BCUT2D eigenvalue weighted by Crippen LogP contribution is 2.33. The molecule has 1 aliphatic carbocycles.